The Hall–Kier alpha value is -1.13. The molecule has 0 spiro atoms. The summed E-state index contributed by atoms with van der Waals surface area (Å²) in [5.41, 5.74) is 1.22. The van der Waals surface area contributed by atoms with E-state index in [1.165, 1.54) is 31.5 Å². The summed E-state index contributed by atoms with van der Waals surface area (Å²) in [7, 11) is 0. The molecule has 0 aromatic carbocycles. The van der Waals surface area contributed by atoms with Crippen LogP contribution in [0.3, 0.4) is 0 Å². The van der Waals surface area contributed by atoms with Gasteiger partial charge in [-0.3, -0.25) is 0 Å². The number of hydrogen-bond donors (Lipinski definition) is 1. The van der Waals surface area contributed by atoms with Crippen LogP contribution in [0.4, 0.5) is 0 Å². The molecule has 1 aromatic heterocycles. The minimum atomic E-state index is 0.621. The Morgan fingerprint density at radius 2 is 2.53 bits per heavy atom. The standard InChI is InChI=1S/C13H22N4/c1-3-16-7-5-6-13(11-16)14-8-12-9-15-17(4-2)10-12/h4,9-10,13-14H,2-3,5-8,11H2,1H3. The summed E-state index contributed by atoms with van der Waals surface area (Å²) in [5, 5.41) is 7.79. The van der Waals surface area contributed by atoms with Crippen molar-refractivity contribution in [3.8, 4) is 0 Å². The van der Waals surface area contributed by atoms with Crippen molar-refractivity contribution in [2.24, 2.45) is 0 Å². The van der Waals surface area contributed by atoms with Gasteiger partial charge in [-0.25, -0.2) is 4.68 Å². The number of likely N-dealkylation sites (tertiary alicyclic amines) is 1. The second kappa shape index (κ2) is 5.98. The molecule has 4 heteroatoms. The average molecular weight is 234 g/mol. The quantitative estimate of drug-likeness (QED) is 0.839. The molecule has 1 saturated heterocycles. The number of nitrogens with zero attached hydrogens (tertiary/aromatic N) is 3. The highest BCUT2D eigenvalue weighted by atomic mass is 15.2. The van der Waals surface area contributed by atoms with Gasteiger partial charge in [0.2, 0.25) is 0 Å². The van der Waals surface area contributed by atoms with Crippen molar-refractivity contribution in [1.29, 1.82) is 0 Å². The van der Waals surface area contributed by atoms with Crippen molar-refractivity contribution in [2.75, 3.05) is 19.6 Å². The first-order chi connectivity index (χ1) is 8.31. The van der Waals surface area contributed by atoms with Gasteiger partial charge in [-0.05, 0) is 25.9 Å². The predicted octanol–water partition coefficient (Wildman–Crippen LogP) is 1.56. The average Bonchev–Trinajstić information content (AvgIpc) is 2.84. The zero-order chi connectivity index (χ0) is 12.1. The second-order valence-corrected chi connectivity index (χ2v) is 4.62. The summed E-state index contributed by atoms with van der Waals surface area (Å²) in [6.07, 6.45) is 8.21. The van der Waals surface area contributed by atoms with Crippen LogP contribution in [-0.2, 0) is 6.54 Å². The van der Waals surface area contributed by atoms with E-state index >= 15 is 0 Å². The summed E-state index contributed by atoms with van der Waals surface area (Å²) in [4.78, 5) is 2.51. The lowest BCUT2D eigenvalue weighted by Crippen LogP contribution is -2.45. The Bertz CT molecular complexity index is 358. The Labute approximate surface area is 103 Å². The Morgan fingerprint density at radius 3 is 3.24 bits per heavy atom. The molecule has 4 nitrogen and oxygen atoms in total. The van der Waals surface area contributed by atoms with E-state index < -0.39 is 0 Å². The fourth-order valence-corrected chi connectivity index (χ4v) is 2.34. The van der Waals surface area contributed by atoms with E-state index in [1.54, 1.807) is 10.9 Å². The van der Waals surface area contributed by atoms with Crippen LogP contribution < -0.4 is 5.32 Å². The largest absolute Gasteiger partial charge is 0.309 e. The van der Waals surface area contributed by atoms with E-state index in [0.717, 1.165) is 13.1 Å². The Morgan fingerprint density at radius 1 is 1.65 bits per heavy atom. The molecule has 0 aliphatic carbocycles. The van der Waals surface area contributed by atoms with Gasteiger partial charge in [0, 0.05) is 37.1 Å². The summed E-state index contributed by atoms with van der Waals surface area (Å²) in [5.74, 6) is 0. The zero-order valence-electron chi connectivity index (χ0n) is 10.6. The van der Waals surface area contributed by atoms with Gasteiger partial charge in [-0.2, -0.15) is 5.10 Å². The fraction of sp³-hybridized carbons (Fsp3) is 0.615. The van der Waals surface area contributed by atoms with E-state index in [2.05, 4.69) is 28.8 Å². The Kier molecular flexibility index (Phi) is 4.34. The molecule has 1 fully saturated rings. The van der Waals surface area contributed by atoms with E-state index in [0.29, 0.717) is 6.04 Å². The number of aromatic nitrogens is 2. The highest BCUT2D eigenvalue weighted by molar-refractivity contribution is 5.17. The molecule has 0 bridgehead atoms. The molecule has 0 amide bonds. The summed E-state index contributed by atoms with van der Waals surface area (Å²) < 4.78 is 1.75. The normalized spacial score (nSPS) is 21.6. The van der Waals surface area contributed by atoms with Crippen LogP contribution in [0, 0.1) is 0 Å². The van der Waals surface area contributed by atoms with Gasteiger partial charge in [0.1, 0.15) is 0 Å². The molecule has 1 aromatic rings. The maximum Gasteiger partial charge on any atom is 0.0538 e. The fourth-order valence-electron chi connectivity index (χ4n) is 2.34. The molecule has 1 aliphatic heterocycles. The monoisotopic (exact) mass is 234 g/mol. The van der Waals surface area contributed by atoms with Crippen LogP contribution in [-0.4, -0.2) is 40.4 Å². The van der Waals surface area contributed by atoms with Crippen LogP contribution in [0.15, 0.2) is 19.0 Å². The molecule has 2 heterocycles. The summed E-state index contributed by atoms with van der Waals surface area (Å²) in [6.45, 7) is 10.4. The van der Waals surface area contributed by atoms with Gasteiger partial charge in [0.25, 0.3) is 0 Å². The van der Waals surface area contributed by atoms with E-state index in [-0.39, 0.29) is 0 Å². The maximum atomic E-state index is 4.18. The van der Waals surface area contributed by atoms with Gasteiger partial charge < -0.3 is 10.2 Å². The lowest BCUT2D eigenvalue weighted by molar-refractivity contribution is 0.198. The second-order valence-electron chi connectivity index (χ2n) is 4.62. The highest BCUT2D eigenvalue weighted by Gasteiger charge is 2.17. The molecular formula is C13H22N4. The van der Waals surface area contributed by atoms with Crippen molar-refractivity contribution in [3.63, 3.8) is 0 Å². The lowest BCUT2D eigenvalue weighted by atomic mass is 10.1. The van der Waals surface area contributed by atoms with E-state index in [1.807, 2.05) is 12.4 Å². The van der Waals surface area contributed by atoms with Crippen LogP contribution in [0.25, 0.3) is 6.20 Å². The van der Waals surface area contributed by atoms with Gasteiger partial charge >= 0.3 is 0 Å². The number of piperidine rings is 1. The van der Waals surface area contributed by atoms with E-state index in [4.69, 9.17) is 0 Å². The SMILES string of the molecule is C=Cn1cc(CNC2CCCN(CC)C2)cn1. The van der Waals surface area contributed by atoms with Gasteiger partial charge in [-0.1, -0.05) is 13.5 Å². The van der Waals surface area contributed by atoms with Crippen molar-refractivity contribution in [3.05, 3.63) is 24.5 Å². The Balaban J connectivity index is 1.79. The molecule has 17 heavy (non-hydrogen) atoms. The van der Waals surface area contributed by atoms with Gasteiger partial charge in [0.05, 0.1) is 6.20 Å². The molecular weight excluding hydrogens is 212 g/mol. The van der Waals surface area contributed by atoms with Crippen molar-refractivity contribution < 1.29 is 0 Å². The third-order valence-electron chi connectivity index (χ3n) is 3.39. The molecule has 94 valence electrons. The number of nitrogens with one attached hydrogen (secondary N) is 1. The van der Waals surface area contributed by atoms with Gasteiger partial charge in [0.15, 0.2) is 0 Å². The lowest BCUT2D eigenvalue weighted by Gasteiger charge is -2.32. The minimum absolute atomic E-state index is 0.621. The van der Waals surface area contributed by atoms with Crippen LogP contribution in [0.2, 0.25) is 0 Å². The molecule has 1 N–H and O–H groups in total. The summed E-state index contributed by atoms with van der Waals surface area (Å²) in [6, 6.07) is 0.621. The minimum Gasteiger partial charge on any atom is -0.309 e. The smallest absolute Gasteiger partial charge is 0.0538 e. The number of hydrogen-bond acceptors (Lipinski definition) is 3. The topological polar surface area (TPSA) is 33.1 Å². The maximum absolute atomic E-state index is 4.18. The van der Waals surface area contributed by atoms with Crippen LogP contribution in [0.1, 0.15) is 25.3 Å². The van der Waals surface area contributed by atoms with Crippen molar-refractivity contribution >= 4 is 6.20 Å². The van der Waals surface area contributed by atoms with Crippen LogP contribution >= 0.6 is 0 Å². The third kappa shape index (κ3) is 3.41. The molecule has 0 saturated carbocycles. The third-order valence-corrected chi connectivity index (χ3v) is 3.39. The molecule has 1 atom stereocenters. The summed E-state index contributed by atoms with van der Waals surface area (Å²) >= 11 is 0. The molecule has 2 rings (SSSR count). The first-order valence-electron chi connectivity index (χ1n) is 6.43. The molecule has 1 unspecified atom stereocenters. The molecule has 0 radical (unpaired) electrons. The highest BCUT2D eigenvalue weighted by Crippen LogP contribution is 2.10. The molecule has 1 aliphatic rings. The zero-order valence-corrected chi connectivity index (χ0v) is 10.6. The predicted molar refractivity (Wildman–Crippen MR) is 70.6 cm³/mol. The van der Waals surface area contributed by atoms with Crippen molar-refractivity contribution in [1.82, 2.24) is 20.0 Å². The first kappa shape index (κ1) is 12.3. The number of rotatable bonds is 5. The van der Waals surface area contributed by atoms with Crippen LogP contribution in [0.5, 0.6) is 0 Å². The number of likely N-dealkylation sites (N-methyl/N-ethyl adjacent to an activating group) is 1. The first-order valence-corrected chi connectivity index (χ1v) is 6.43. The van der Waals surface area contributed by atoms with E-state index in [9.17, 15) is 0 Å². The van der Waals surface area contributed by atoms with Crippen molar-refractivity contribution in [2.45, 2.75) is 32.4 Å². The van der Waals surface area contributed by atoms with Gasteiger partial charge in [-0.15, -0.1) is 0 Å².